The number of carbonyl (C=O) groups is 2. The monoisotopic (exact) mass is 510 g/mol. The molecular weight excluding hydrogens is 486 g/mol. The molecule has 0 aromatic carbocycles. The van der Waals surface area contributed by atoms with Gasteiger partial charge in [0.25, 0.3) is 6.10 Å². The second-order valence-corrected chi connectivity index (χ2v) is 10.1. The summed E-state index contributed by atoms with van der Waals surface area (Å²) in [5.41, 5.74) is -0.566. The summed E-state index contributed by atoms with van der Waals surface area (Å²) in [4.78, 5) is 28.3. The fraction of sp³-hybridized carbons (Fsp3) is 0.636. The molecule has 1 aromatic rings. The van der Waals surface area contributed by atoms with E-state index in [9.17, 15) is 35.9 Å². The van der Waals surface area contributed by atoms with Crippen molar-refractivity contribution in [3.8, 4) is 0 Å². The maximum atomic E-state index is 13.5. The number of hydrogen-bond donors (Lipinski definition) is 0. The molecule has 0 saturated carbocycles. The number of alkyl halides is 6. The molecule has 2 amide bonds. The number of nitrogens with zero attached hydrogens (tertiary/aromatic N) is 2. The molecule has 12 heteroatoms. The number of ether oxygens (including phenoxy) is 1. The van der Waals surface area contributed by atoms with E-state index in [1.54, 1.807) is 11.3 Å². The highest BCUT2D eigenvalue weighted by Gasteiger charge is 2.60. The number of hydrogen-bond acceptors (Lipinski definition) is 4. The maximum absolute atomic E-state index is 13.5. The first kappa shape index (κ1) is 24.9. The van der Waals surface area contributed by atoms with Gasteiger partial charge in [0.1, 0.15) is 0 Å². The fourth-order valence-corrected chi connectivity index (χ4v) is 6.10. The Hall–Kier alpha value is -2.24. The average molecular weight is 511 g/mol. The Morgan fingerprint density at radius 1 is 1.06 bits per heavy atom. The predicted octanol–water partition coefficient (Wildman–Crippen LogP) is 3.66. The van der Waals surface area contributed by atoms with Crippen LogP contribution >= 0.6 is 11.3 Å². The predicted molar refractivity (Wildman–Crippen MR) is 112 cm³/mol. The van der Waals surface area contributed by atoms with Gasteiger partial charge in [-0.3, -0.25) is 4.79 Å². The Balaban J connectivity index is 1.44. The van der Waals surface area contributed by atoms with Crippen LogP contribution in [-0.4, -0.2) is 65.4 Å². The van der Waals surface area contributed by atoms with Gasteiger partial charge in [-0.05, 0) is 48.3 Å². The van der Waals surface area contributed by atoms with E-state index in [1.165, 1.54) is 0 Å². The Morgan fingerprint density at radius 2 is 1.71 bits per heavy atom. The Kier molecular flexibility index (Phi) is 6.41. The summed E-state index contributed by atoms with van der Waals surface area (Å²) in [5, 5.41) is 2.97. The zero-order valence-electron chi connectivity index (χ0n) is 18.3. The molecule has 2 atom stereocenters. The van der Waals surface area contributed by atoms with Crippen LogP contribution in [-0.2, 0) is 9.53 Å². The van der Waals surface area contributed by atoms with Crippen LogP contribution in [0.3, 0.4) is 0 Å². The second-order valence-electron chi connectivity index (χ2n) is 9.11. The summed E-state index contributed by atoms with van der Waals surface area (Å²) in [6.45, 7) is 2.33. The second kappa shape index (κ2) is 8.76. The van der Waals surface area contributed by atoms with E-state index in [0.29, 0.717) is 13.0 Å². The smallest absolute Gasteiger partial charge is 0.426 e. The highest BCUT2D eigenvalue weighted by Crippen LogP contribution is 2.41. The molecule has 2 unspecified atom stereocenters. The molecule has 0 N–H and O–H groups in total. The van der Waals surface area contributed by atoms with Crippen LogP contribution in [0.4, 0.5) is 31.1 Å². The quantitative estimate of drug-likeness (QED) is 0.571. The van der Waals surface area contributed by atoms with Crippen LogP contribution in [0.1, 0.15) is 32.6 Å². The minimum absolute atomic E-state index is 0.00645. The SMILES string of the molecule is CC1C=c2sccc2=CC1C(=O)N1CCCC12CCN(C(=O)OC(C(F)(F)F)C(F)(F)F)CC2. The number of amides is 2. The van der Waals surface area contributed by atoms with Crippen molar-refractivity contribution in [3.63, 3.8) is 0 Å². The van der Waals surface area contributed by atoms with E-state index in [1.807, 2.05) is 29.3 Å². The van der Waals surface area contributed by atoms with Crippen LogP contribution < -0.4 is 9.75 Å². The molecule has 3 heterocycles. The molecule has 1 spiro atoms. The largest absolute Gasteiger partial charge is 0.434 e. The molecule has 1 aromatic heterocycles. The molecule has 0 bridgehead atoms. The number of likely N-dealkylation sites (tertiary alicyclic amines) is 2. The minimum atomic E-state index is -5.76. The number of rotatable bonds is 2. The molecule has 34 heavy (non-hydrogen) atoms. The summed E-state index contributed by atoms with van der Waals surface area (Å²) in [5.74, 6) is -0.393. The minimum Gasteiger partial charge on any atom is -0.426 e. The molecule has 0 radical (unpaired) electrons. The van der Waals surface area contributed by atoms with Crippen molar-refractivity contribution >= 4 is 35.5 Å². The maximum Gasteiger partial charge on any atom is 0.434 e. The number of piperidine rings is 1. The lowest BCUT2D eigenvalue weighted by Crippen LogP contribution is -2.57. The average Bonchev–Trinajstić information content (AvgIpc) is 3.36. The number of thiophene rings is 1. The van der Waals surface area contributed by atoms with Crippen LogP contribution in [0.5, 0.6) is 0 Å². The standard InChI is InChI=1S/C22H24F6N2O3S/c1-13-11-16-14(3-10-34-16)12-15(13)17(31)30-7-2-4-20(30)5-8-29(9-6-20)19(32)33-18(21(23,24)25)22(26,27)28/h3,10-13,15,18H,2,4-9H2,1H3. The van der Waals surface area contributed by atoms with Crippen LogP contribution in [0.25, 0.3) is 12.2 Å². The zero-order valence-corrected chi connectivity index (χ0v) is 19.1. The Bertz CT molecular complexity index is 1040. The van der Waals surface area contributed by atoms with E-state index < -0.39 is 30.1 Å². The van der Waals surface area contributed by atoms with Crippen molar-refractivity contribution in [3.05, 3.63) is 21.2 Å². The van der Waals surface area contributed by atoms with Crippen LogP contribution in [0.15, 0.2) is 11.4 Å². The Labute approximate surface area is 195 Å². The van der Waals surface area contributed by atoms with Gasteiger partial charge < -0.3 is 14.5 Å². The summed E-state index contributed by atoms with van der Waals surface area (Å²) in [6.07, 6.45) is -11.4. The van der Waals surface area contributed by atoms with Crippen molar-refractivity contribution < 1.29 is 40.7 Å². The summed E-state index contributed by atoms with van der Waals surface area (Å²) in [6, 6.07) is 1.96. The first-order valence-corrected chi connectivity index (χ1v) is 11.9. The van der Waals surface area contributed by atoms with E-state index in [4.69, 9.17) is 0 Å². The van der Waals surface area contributed by atoms with Crippen molar-refractivity contribution in [2.24, 2.45) is 11.8 Å². The van der Waals surface area contributed by atoms with Gasteiger partial charge in [-0.25, -0.2) is 4.79 Å². The first-order chi connectivity index (χ1) is 15.8. The van der Waals surface area contributed by atoms with Gasteiger partial charge in [-0.1, -0.05) is 19.1 Å². The third-order valence-electron chi connectivity index (χ3n) is 6.98. The van der Waals surface area contributed by atoms with Crippen molar-refractivity contribution in [2.45, 2.75) is 56.6 Å². The fourth-order valence-electron chi connectivity index (χ4n) is 5.17. The molecule has 3 aliphatic rings. The van der Waals surface area contributed by atoms with Crippen LogP contribution in [0, 0.1) is 11.8 Å². The molecule has 2 aliphatic heterocycles. The van der Waals surface area contributed by atoms with E-state index in [-0.39, 0.29) is 43.7 Å². The van der Waals surface area contributed by atoms with Gasteiger partial charge in [-0.2, -0.15) is 26.3 Å². The molecular formula is C22H24F6N2O3S. The van der Waals surface area contributed by atoms with Gasteiger partial charge in [0.15, 0.2) is 0 Å². The summed E-state index contributed by atoms with van der Waals surface area (Å²) < 4.78 is 81.4. The normalized spacial score (nSPS) is 24.6. The van der Waals surface area contributed by atoms with Gasteiger partial charge in [0.2, 0.25) is 5.91 Å². The number of fused-ring (bicyclic) bond motifs is 1. The van der Waals surface area contributed by atoms with Crippen molar-refractivity contribution in [2.75, 3.05) is 19.6 Å². The molecule has 2 fully saturated rings. The van der Waals surface area contributed by atoms with Crippen LogP contribution in [0.2, 0.25) is 0 Å². The number of halogens is 6. The van der Waals surface area contributed by atoms with Gasteiger partial charge in [-0.15, -0.1) is 11.3 Å². The first-order valence-electron chi connectivity index (χ1n) is 11.0. The van der Waals surface area contributed by atoms with Gasteiger partial charge in [0.05, 0.1) is 5.92 Å². The Morgan fingerprint density at radius 3 is 2.32 bits per heavy atom. The molecule has 2 saturated heterocycles. The third-order valence-corrected chi connectivity index (χ3v) is 7.88. The van der Waals surface area contributed by atoms with Gasteiger partial charge in [0, 0.05) is 29.7 Å². The topological polar surface area (TPSA) is 49.9 Å². The van der Waals surface area contributed by atoms with Crippen molar-refractivity contribution in [1.29, 1.82) is 0 Å². The van der Waals surface area contributed by atoms with Crippen molar-refractivity contribution in [1.82, 2.24) is 9.80 Å². The highest BCUT2D eigenvalue weighted by atomic mass is 32.1. The highest BCUT2D eigenvalue weighted by molar-refractivity contribution is 7.07. The number of carbonyl (C=O) groups excluding carboxylic acids is 2. The van der Waals surface area contributed by atoms with E-state index >= 15 is 0 Å². The summed E-state index contributed by atoms with van der Waals surface area (Å²) >= 11 is 1.60. The molecule has 188 valence electrons. The third kappa shape index (κ3) is 4.65. The summed E-state index contributed by atoms with van der Waals surface area (Å²) in [7, 11) is 0. The van der Waals surface area contributed by atoms with E-state index in [2.05, 4.69) is 10.8 Å². The van der Waals surface area contributed by atoms with E-state index in [0.717, 1.165) is 21.1 Å². The molecule has 1 aliphatic carbocycles. The lowest BCUT2D eigenvalue weighted by molar-refractivity contribution is -0.308. The zero-order chi connectivity index (χ0) is 24.9. The molecule has 4 rings (SSSR count). The van der Waals surface area contributed by atoms with Gasteiger partial charge >= 0.3 is 18.4 Å². The lowest BCUT2D eigenvalue weighted by atomic mass is 9.82. The lowest BCUT2D eigenvalue weighted by Gasteiger charge is -2.46. The molecule has 5 nitrogen and oxygen atoms in total.